The van der Waals surface area contributed by atoms with Crippen LogP contribution in [-0.4, -0.2) is 32.6 Å². The minimum absolute atomic E-state index is 0.216. The summed E-state index contributed by atoms with van der Waals surface area (Å²) in [6.07, 6.45) is 1.60. The van der Waals surface area contributed by atoms with Crippen molar-refractivity contribution in [1.82, 2.24) is 9.88 Å². The van der Waals surface area contributed by atoms with Crippen molar-refractivity contribution in [1.29, 1.82) is 0 Å². The number of aliphatic carboxylic acids is 1. The summed E-state index contributed by atoms with van der Waals surface area (Å²) in [4.78, 5) is 28.1. The normalized spacial score (nSPS) is 17.3. The minimum atomic E-state index is -1.34. The summed E-state index contributed by atoms with van der Waals surface area (Å²) in [5, 5.41) is 10.6. The van der Waals surface area contributed by atoms with Gasteiger partial charge in [-0.25, -0.2) is 0 Å². The van der Waals surface area contributed by atoms with Gasteiger partial charge >= 0.3 is 0 Å². The Morgan fingerprint density at radius 2 is 2.32 bits per heavy atom. The molecule has 5 nitrogen and oxygen atoms in total. The molecule has 1 aliphatic rings. The van der Waals surface area contributed by atoms with Crippen molar-refractivity contribution in [3.63, 3.8) is 0 Å². The number of carboxylic acid groups (broad SMARTS) is 1. The average molecular weight is 293 g/mol. The molecule has 0 bridgehead atoms. The number of carboxylic acids is 1. The zero-order valence-electron chi connectivity index (χ0n) is 9.95. The van der Waals surface area contributed by atoms with E-state index in [4.69, 9.17) is 12.2 Å². The second-order valence-electron chi connectivity index (χ2n) is 3.84. The maximum atomic E-state index is 12.0. The van der Waals surface area contributed by atoms with E-state index in [0.717, 1.165) is 22.4 Å². The van der Waals surface area contributed by atoms with Crippen LogP contribution in [0.15, 0.2) is 23.1 Å². The molecule has 7 heteroatoms. The highest BCUT2D eigenvalue weighted by molar-refractivity contribution is 8.26. The quantitative estimate of drug-likeness (QED) is 0.591. The fourth-order valence-electron chi connectivity index (χ4n) is 1.54. The van der Waals surface area contributed by atoms with Gasteiger partial charge in [0.05, 0.1) is 23.1 Å². The third-order valence-corrected chi connectivity index (χ3v) is 3.73. The zero-order valence-corrected chi connectivity index (χ0v) is 11.6. The molecular weight excluding hydrogens is 284 g/mol. The summed E-state index contributed by atoms with van der Waals surface area (Å²) in [5.41, 5.74) is 1.47. The number of nitrogens with zero attached hydrogens (tertiary/aromatic N) is 2. The molecule has 0 radical (unpaired) electrons. The lowest BCUT2D eigenvalue weighted by Gasteiger charge is -2.14. The minimum Gasteiger partial charge on any atom is -0.548 e. The Morgan fingerprint density at radius 3 is 2.95 bits per heavy atom. The smallest absolute Gasteiger partial charge is 0.266 e. The molecule has 0 unspecified atom stereocenters. The molecule has 1 aromatic rings. The van der Waals surface area contributed by atoms with Gasteiger partial charge in [-0.3, -0.25) is 14.7 Å². The van der Waals surface area contributed by atoms with Gasteiger partial charge < -0.3 is 9.90 Å². The Kier molecular flexibility index (Phi) is 3.96. The Hall–Kier alpha value is -1.73. The summed E-state index contributed by atoms with van der Waals surface area (Å²) in [5.74, 6) is -1.77. The highest BCUT2D eigenvalue weighted by Gasteiger charge is 2.31. The number of carbonyl (C=O) groups excluding carboxylic acids is 2. The van der Waals surface area contributed by atoms with Crippen molar-refractivity contribution in [3.8, 4) is 0 Å². The number of thiocarbonyl (C=S) groups is 1. The monoisotopic (exact) mass is 293 g/mol. The van der Waals surface area contributed by atoms with Crippen LogP contribution in [0.1, 0.15) is 11.4 Å². The van der Waals surface area contributed by atoms with Crippen LogP contribution in [0.2, 0.25) is 0 Å². The molecule has 19 heavy (non-hydrogen) atoms. The third-order valence-electron chi connectivity index (χ3n) is 2.35. The summed E-state index contributed by atoms with van der Waals surface area (Å²) in [6.45, 7) is 1.32. The van der Waals surface area contributed by atoms with Gasteiger partial charge in [0, 0.05) is 5.69 Å². The van der Waals surface area contributed by atoms with Crippen LogP contribution < -0.4 is 5.11 Å². The predicted octanol–water partition coefficient (Wildman–Crippen LogP) is 0.341. The number of hydrogen-bond donors (Lipinski definition) is 0. The highest BCUT2D eigenvalue weighted by Crippen LogP contribution is 2.31. The average Bonchev–Trinajstić information content (AvgIpc) is 2.57. The van der Waals surface area contributed by atoms with Gasteiger partial charge in [0.15, 0.2) is 0 Å². The molecule has 1 aromatic heterocycles. The van der Waals surface area contributed by atoms with Gasteiger partial charge in [-0.15, -0.1) is 0 Å². The predicted molar refractivity (Wildman–Crippen MR) is 73.9 cm³/mol. The standard InChI is InChI=1S/C12H10N2O3S2/c1-7-3-2-4-8(13-7)5-9-11(17)14(6-10(15)16)12(18)19-9/h2-5H,6H2,1H3,(H,15,16)/p-1. The van der Waals surface area contributed by atoms with Crippen LogP contribution in [0.5, 0.6) is 0 Å². The zero-order chi connectivity index (χ0) is 14.0. The summed E-state index contributed by atoms with van der Waals surface area (Å²) >= 11 is 6.03. The molecule has 1 saturated heterocycles. The van der Waals surface area contributed by atoms with Crippen LogP contribution in [0.25, 0.3) is 6.08 Å². The molecule has 0 N–H and O–H groups in total. The first-order valence-corrected chi connectivity index (χ1v) is 6.59. The lowest BCUT2D eigenvalue weighted by Crippen LogP contribution is -2.40. The molecular formula is C12H9N2O3S2-. The van der Waals surface area contributed by atoms with Crippen molar-refractivity contribution in [2.45, 2.75) is 6.92 Å². The first-order chi connectivity index (χ1) is 8.97. The second kappa shape index (κ2) is 5.50. The fraction of sp³-hybridized carbons (Fsp3) is 0.167. The highest BCUT2D eigenvalue weighted by atomic mass is 32.2. The number of rotatable bonds is 3. The molecule has 1 aliphatic heterocycles. The van der Waals surface area contributed by atoms with Crippen LogP contribution in [0.3, 0.4) is 0 Å². The van der Waals surface area contributed by atoms with E-state index in [1.165, 1.54) is 0 Å². The Labute approximate surface area is 119 Å². The maximum Gasteiger partial charge on any atom is 0.266 e. The molecule has 1 amide bonds. The lowest BCUT2D eigenvalue weighted by atomic mass is 10.3. The molecule has 0 aliphatic carbocycles. The van der Waals surface area contributed by atoms with E-state index < -0.39 is 18.4 Å². The molecule has 2 rings (SSSR count). The van der Waals surface area contributed by atoms with Crippen molar-refractivity contribution in [2.24, 2.45) is 0 Å². The summed E-state index contributed by atoms with van der Waals surface area (Å²) < 4.78 is 0.216. The van der Waals surface area contributed by atoms with Gasteiger partial charge in [0.1, 0.15) is 4.32 Å². The SMILES string of the molecule is Cc1cccc(C=C2SC(=S)N(CC(=O)[O-])C2=O)n1. The van der Waals surface area contributed by atoms with Crippen LogP contribution in [0, 0.1) is 6.92 Å². The van der Waals surface area contributed by atoms with Gasteiger partial charge in [0.25, 0.3) is 5.91 Å². The third kappa shape index (κ3) is 3.18. The van der Waals surface area contributed by atoms with Crippen molar-refractivity contribution in [2.75, 3.05) is 6.54 Å². The largest absolute Gasteiger partial charge is 0.548 e. The molecule has 0 spiro atoms. The van der Waals surface area contributed by atoms with Crippen molar-refractivity contribution >= 4 is 46.3 Å². The van der Waals surface area contributed by atoms with E-state index in [0.29, 0.717) is 10.6 Å². The van der Waals surface area contributed by atoms with E-state index in [1.54, 1.807) is 12.1 Å². The second-order valence-corrected chi connectivity index (χ2v) is 5.52. The Bertz CT molecular complexity index is 598. The maximum absolute atomic E-state index is 12.0. The van der Waals surface area contributed by atoms with Crippen molar-refractivity contribution < 1.29 is 14.7 Å². The molecule has 0 saturated carbocycles. The van der Waals surface area contributed by atoms with Gasteiger partial charge in [-0.05, 0) is 25.1 Å². The van der Waals surface area contributed by atoms with E-state index >= 15 is 0 Å². The van der Waals surface area contributed by atoms with E-state index in [-0.39, 0.29) is 4.32 Å². The number of hydrogen-bond acceptors (Lipinski definition) is 6. The molecule has 2 heterocycles. The summed E-state index contributed by atoms with van der Waals surface area (Å²) in [7, 11) is 0. The van der Waals surface area contributed by atoms with Gasteiger partial charge in [-0.2, -0.15) is 0 Å². The topological polar surface area (TPSA) is 73.3 Å². The number of pyridine rings is 1. The first-order valence-electron chi connectivity index (χ1n) is 5.36. The number of thioether (sulfide) groups is 1. The number of amides is 1. The Morgan fingerprint density at radius 1 is 1.58 bits per heavy atom. The fourth-order valence-corrected chi connectivity index (χ4v) is 2.78. The van der Waals surface area contributed by atoms with Crippen LogP contribution >= 0.6 is 24.0 Å². The van der Waals surface area contributed by atoms with Gasteiger partial charge in [-0.1, -0.05) is 30.0 Å². The number of aromatic nitrogens is 1. The van der Waals surface area contributed by atoms with Crippen LogP contribution in [0.4, 0.5) is 0 Å². The first kappa shape index (κ1) is 13.7. The Balaban J connectivity index is 2.25. The molecule has 98 valence electrons. The van der Waals surface area contributed by atoms with E-state index in [1.807, 2.05) is 19.1 Å². The van der Waals surface area contributed by atoms with E-state index in [9.17, 15) is 14.7 Å². The number of aryl methyl sites for hydroxylation is 1. The number of carbonyl (C=O) groups is 2. The molecule has 0 aromatic carbocycles. The lowest BCUT2D eigenvalue weighted by molar-refractivity contribution is -0.305. The molecule has 1 fully saturated rings. The van der Waals surface area contributed by atoms with Gasteiger partial charge in [0.2, 0.25) is 0 Å². The summed E-state index contributed by atoms with van der Waals surface area (Å²) in [6, 6.07) is 5.44. The van der Waals surface area contributed by atoms with Crippen molar-refractivity contribution in [3.05, 3.63) is 34.5 Å². The molecule has 0 atom stereocenters. The van der Waals surface area contributed by atoms with Crippen LogP contribution in [-0.2, 0) is 9.59 Å². The van der Waals surface area contributed by atoms with E-state index in [2.05, 4.69) is 4.98 Å².